The summed E-state index contributed by atoms with van der Waals surface area (Å²) in [6.07, 6.45) is 3.00. The SMILES string of the molecule is CCCN(C)c1cc(C)c(Br)cn1. The van der Waals surface area contributed by atoms with Gasteiger partial charge in [-0.2, -0.15) is 0 Å². The lowest BCUT2D eigenvalue weighted by atomic mass is 10.3. The molecular weight excluding hydrogens is 228 g/mol. The maximum Gasteiger partial charge on any atom is 0.128 e. The van der Waals surface area contributed by atoms with Crippen molar-refractivity contribution in [2.75, 3.05) is 18.5 Å². The molecule has 1 heterocycles. The second-order valence-corrected chi connectivity index (χ2v) is 4.07. The molecule has 0 aromatic carbocycles. The first kappa shape index (κ1) is 10.5. The zero-order chi connectivity index (χ0) is 9.84. The van der Waals surface area contributed by atoms with E-state index in [1.807, 2.05) is 6.20 Å². The topological polar surface area (TPSA) is 16.1 Å². The molecule has 0 aliphatic heterocycles. The van der Waals surface area contributed by atoms with Crippen molar-refractivity contribution in [1.29, 1.82) is 0 Å². The maximum atomic E-state index is 4.34. The van der Waals surface area contributed by atoms with Crippen LogP contribution in [0.1, 0.15) is 18.9 Å². The van der Waals surface area contributed by atoms with Gasteiger partial charge in [0.05, 0.1) is 0 Å². The minimum atomic E-state index is 1.04. The molecule has 0 saturated heterocycles. The van der Waals surface area contributed by atoms with Crippen molar-refractivity contribution >= 4 is 21.7 Å². The largest absolute Gasteiger partial charge is 0.360 e. The van der Waals surface area contributed by atoms with E-state index in [9.17, 15) is 0 Å². The molecule has 1 aromatic heterocycles. The fourth-order valence-corrected chi connectivity index (χ4v) is 1.40. The van der Waals surface area contributed by atoms with E-state index >= 15 is 0 Å². The summed E-state index contributed by atoms with van der Waals surface area (Å²) in [5.41, 5.74) is 1.23. The lowest BCUT2D eigenvalue weighted by Gasteiger charge is -2.17. The van der Waals surface area contributed by atoms with E-state index in [4.69, 9.17) is 0 Å². The Kier molecular flexibility index (Phi) is 3.72. The van der Waals surface area contributed by atoms with Gasteiger partial charge in [-0.05, 0) is 40.9 Å². The summed E-state index contributed by atoms with van der Waals surface area (Å²) in [5.74, 6) is 1.04. The number of pyridine rings is 1. The third-order valence-electron chi connectivity index (χ3n) is 1.98. The highest BCUT2D eigenvalue weighted by Crippen LogP contribution is 2.19. The summed E-state index contributed by atoms with van der Waals surface area (Å²) in [7, 11) is 2.07. The van der Waals surface area contributed by atoms with Crippen LogP contribution in [0.25, 0.3) is 0 Å². The first-order chi connectivity index (χ1) is 6.15. The lowest BCUT2D eigenvalue weighted by molar-refractivity contribution is 0.836. The molecule has 0 amide bonds. The van der Waals surface area contributed by atoms with Gasteiger partial charge in [-0.3, -0.25) is 0 Å². The number of anilines is 1. The highest BCUT2D eigenvalue weighted by molar-refractivity contribution is 9.10. The number of halogens is 1. The molecule has 2 nitrogen and oxygen atoms in total. The minimum Gasteiger partial charge on any atom is -0.360 e. The van der Waals surface area contributed by atoms with Crippen molar-refractivity contribution in [3.05, 3.63) is 22.3 Å². The molecule has 72 valence electrons. The fourth-order valence-electron chi connectivity index (χ4n) is 1.18. The highest BCUT2D eigenvalue weighted by atomic mass is 79.9. The second-order valence-electron chi connectivity index (χ2n) is 3.21. The molecule has 0 radical (unpaired) electrons. The van der Waals surface area contributed by atoms with E-state index in [0.29, 0.717) is 0 Å². The fraction of sp³-hybridized carbons (Fsp3) is 0.500. The zero-order valence-corrected chi connectivity index (χ0v) is 9.93. The molecule has 0 spiro atoms. The van der Waals surface area contributed by atoms with Crippen LogP contribution in [0.3, 0.4) is 0 Å². The maximum absolute atomic E-state index is 4.34. The predicted molar refractivity (Wildman–Crippen MR) is 60.2 cm³/mol. The Labute approximate surface area is 88.1 Å². The van der Waals surface area contributed by atoms with E-state index in [0.717, 1.165) is 23.3 Å². The van der Waals surface area contributed by atoms with Crippen LogP contribution >= 0.6 is 15.9 Å². The highest BCUT2D eigenvalue weighted by Gasteiger charge is 2.02. The van der Waals surface area contributed by atoms with E-state index in [1.54, 1.807) is 0 Å². The van der Waals surface area contributed by atoms with Crippen LogP contribution in [0.15, 0.2) is 16.7 Å². The molecule has 0 aliphatic carbocycles. The van der Waals surface area contributed by atoms with Crippen LogP contribution in [0, 0.1) is 6.92 Å². The smallest absolute Gasteiger partial charge is 0.128 e. The van der Waals surface area contributed by atoms with Gasteiger partial charge in [-0.25, -0.2) is 4.98 Å². The molecule has 13 heavy (non-hydrogen) atoms. The average Bonchev–Trinajstić information content (AvgIpc) is 2.10. The van der Waals surface area contributed by atoms with Crippen LogP contribution in [-0.2, 0) is 0 Å². The first-order valence-corrected chi connectivity index (χ1v) is 5.27. The summed E-state index contributed by atoms with van der Waals surface area (Å²) in [6, 6.07) is 2.10. The molecule has 1 aromatic rings. The van der Waals surface area contributed by atoms with Gasteiger partial charge in [0.2, 0.25) is 0 Å². The Bertz CT molecular complexity index is 286. The van der Waals surface area contributed by atoms with Gasteiger partial charge < -0.3 is 4.90 Å². The van der Waals surface area contributed by atoms with Crippen molar-refractivity contribution in [3.63, 3.8) is 0 Å². The number of nitrogens with zero attached hydrogens (tertiary/aromatic N) is 2. The number of hydrogen-bond acceptors (Lipinski definition) is 2. The zero-order valence-electron chi connectivity index (χ0n) is 8.34. The number of aromatic nitrogens is 1. The Balaban J connectivity index is 2.84. The van der Waals surface area contributed by atoms with Gasteiger partial charge in [0.1, 0.15) is 5.82 Å². The number of rotatable bonds is 3. The predicted octanol–water partition coefficient (Wildman–Crippen LogP) is 3.00. The minimum absolute atomic E-state index is 1.04. The molecule has 0 saturated carbocycles. The third-order valence-corrected chi connectivity index (χ3v) is 2.81. The Hall–Kier alpha value is -0.570. The first-order valence-electron chi connectivity index (χ1n) is 4.48. The van der Waals surface area contributed by atoms with Crippen molar-refractivity contribution in [2.45, 2.75) is 20.3 Å². The number of hydrogen-bond donors (Lipinski definition) is 0. The Morgan fingerprint density at radius 3 is 2.77 bits per heavy atom. The van der Waals surface area contributed by atoms with Gasteiger partial charge in [-0.15, -0.1) is 0 Å². The van der Waals surface area contributed by atoms with Crippen molar-refractivity contribution < 1.29 is 0 Å². The van der Waals surface area contributed by atoms with E-state index in [1.165, 1.54) is 5.56 Å². The molecular formula is C10H15BrN2. The van der Waals surface area contributed by atoms with Crippen LogP contribution < -0.4 is 4.90 Å². The monoisotopic (exact) mass is 242 g/mol. The van der Waals surface area contributed by atoms with E-state index in [2.05, 4.69) is 52.8 Å². The Morgan fingerprint density at radius 1 is 1.54 bits per heavy atom. The lowest BCUT2D eigenvalue weighted by Crippen LogP contribution is -2.18. The molecule has 3 heteroatoms. The standard InChI is InChI=1S/C10H15BrN2/c1-4-5-13(3)10-6-8(2)9(11)7-12-10/h6-7H,4-5H2,1-3H3. The van der Waals surface area contributed by atoms with E-state index in [-0.39, 0.29) is 0 Å². The summed E-state index contributed by atoms with van der Waals surface area (Å²) >= 11 is 3.44. The Morgan fingerprint density at radius 2 is 2.23 bits per heavy atom. The molecule has 0 unspecified atom stereocenters. The molecule has 0 fully saturated rings. The molecule has 0 aliphatic rings. The number of aryl methyl sites for hydroxylation is 1. The third kappa shape index (κ3) is 2.69. The molecule has 0 bridgehead atoms. The van der Waals surface area contributed by atoms with Gasteiger partial charge in [0.25, 0.3) is 0 Å². The summed E-state index contributed by atoms with van der Waals surface area (Å²) in [4.78, 5) is 6.50. The van der Waals surface area contributed by atoms with Gasteiger partial charge in [0, 0.05) is 24.3 Å². The summed E-state index contributed by atoms with van der Waals surface area (Å²) < 4.78 is 1.07. The molecule has 0 atom stereocenters. The normalized spacial score (nSPS) is 10.2. The van der Waals surface area contributed by atoms with Gasteiger partial charge in [-0.1, -0.05) is 6.92 Å². The summed E-state index contributed by atoms with van der Waals surface area (Å²) in [5, 5.41) is 0. The quantitative estimate of drug-likeness (QED) is 0.811. The van der Waals surface area contributed by atoms with Crippen LogP contribution in [0.4, 0.5) is 5.82 Å². The van der Waals surface area contributed by atoms with Gasteiger partial charge >= 0.3 is 0 Å². The van der Waals surface area contributed by atoms with Crippen molar-refractivity contribution in [1.82, 2.24) is 4.98 Å². The molecule has 1 rings (SSSR count). The van der Waals surface area contributed by atoms with Crippen LogP contribution in [0.2, 0.25) is 0 Å². The second kappa shape index (κ2) is 4.61. The van der Waals surface area contributed by atoms with Gasteiger partial charge in [0.15, 0.2) is 0 Å². The van der Waals surface area contributed by atoms with Crippen LogP contribution in [-0.4, -0.2) is 18.6 Å². The van der Waals surface area contributed by atoms with Crippen molar-refractivity contribution in [2.24, 2.45) is 0 Å². The van der Waals surface area contributed by atoms with E-state index < -0.39 is 0 Å². The summed E-state index contributed by atoms with van der Waals surface area (Å²) in [6.45, 7) is 5.30. The van der Waals surface area contributed by atoms with Crippen molar-refractivity contribution in [3.8, 4) is 0 Å². The molecule has 0 N–H and O–H groups in total. The average molecular weight is 243 g/mol. The van der Waals surface area contributed by atoms with Crippen LogP contribution in [0.5, 0.6) is 0 Å².